The van der Waals surface area contributed by atoms with E-state index in [1.54, 1.807) is 6.20 Å². The molecule has 1 aliphatic carbocycles. The van der Waals surface area contributed by atoms with Gasteiger partial charge in [-0.3, -0.25) is 9.78 Å². The summed E-state index contributed by atoms with van der Waals surface area (Å²) in [4.78, 5) is 19.8. The van der Waals surface area contributed by atoms with E-state index in [9.17, 15) is 4.79 Å². The third-order valence-electron chi connectivity index (χ3n) is 8.02. The molecule has 0 spiro atoms. The summed E-state index contributed by atoms with van der Waals surface area (Å²) in [5.41, 5.74) is 4.35. The number of alkyl halides is 2. The number of aromatic nitrogens is 1. The average molecular weight is 534 g/mol. The van der Waals surface area contributed by atoms with E-state index in [2.05, 4.69) is 15.2 Å². The number of nitrogens with zero attached hydrogens (tertiary/aromatic N) is 2. The number of pyridine rings is 1. The normalized spacial score (nSPS) is 19.5. The van der Waals surface area contributed by atoms with Gasteiger partial charge in [0.05, 0.1) is 5.69 Å². The molecule has 0 saturated carbocycles. The molecule has 1 saturated heterocycles. The lowest BCUT2D eigenvalue weighted by Crippen LogP contribution is -2.52. The lowest BCUT2D eigenvalue weighted by molar-refractivity contribution is -0.154. The van der Waals surface area contributed by atoms with Crippen LogP contribution >= 0.6 is 0 Å². The van der Waals surface area contributed by atoms with Crippen LogP contribution < -0.4 is 14.8 Å². The number of rotatable bonds is 8. The maximum Gasteiger partial charge on any atom is 0.327 e. The van der Waals surface area contributed by atoms with Gasteiger partial charge in [-0.15, -0.1) is 0 Å². The van der Waals surface area contributed by atoms with E-state index in [4.69, 9.17) is 9.47 Å². The first-order valence-corrected chi connectivity index (χ1v) is 13.8. The molecule has 2 aromatic carbocycles. The lowest BCUT2D eigenvalue weighted by atomic mass is 9.96. The highest BCUT2D eigenvalue weighted by molar-refractivity contribution is 5.84. The third-order valence-corrected chi connectivity index (χ3v) is 8.02. The van der Waals surface area contributed by atoms with Crippen molar-refractivity contribution >= 4 is 5.91 Å². The topological polar surface area (TPSA) is 63.7 Å². The second-order valence-electron chi connectivity index (χ2n) is 10.8. The zero-order valence-electron chi connectivity index (χ0n) is 21.9. The summed E-state index contributed by atoms with van der Waals surface area (Å²) in [6, 6.07) is 16.6. The molecule has 1 N–H and O–H groups in total. The number of ether oxygens (including phenoxy) is 2. The molecule has 6 rings (SSSR count). The van der Waals surface area contributed by atoms with Crippen LogP contribution in [0.3, 0.4) is 0 Å². The number of amides is 1. The van der Waals surface area contributed by atoms with Crippen molar-refractivity contribution in [3.05, 3.63) is 77.5 Å². The van der Waals surface area contributed by atoms with E-state index < -0.39 is 23.8 Å². The Morgan fingerprint density at radius 2 is 1.79 bits per heavy atom. The molecule has 204 valence electrons. The van der Waals surface area contributed by atoms with Crippen molar-refractivity contribution in [2.24, 2.45) is 5.92 Å². The van der Waals surface area contributed by atoms with Crippen LogP contribution in [0.2, 0.25) is 0 Å². The predicted molar refractivity (Wildman–Crippen MR) is 144 cm³/mol. The van der Waals surface area contributed by atoms with Gasteiger partial charge in [0.15, 0.2) is 11.5 Å². The first-order chi connectivity index (χ1) is 19.0. The summed E-state index contributed by atoms with van der Waals surface area (Å²) in [6.07, 6.45) is 4.66. The molecule has 3 heterocycles. The van der Waals surface area contributed by atoms with Crippen molar-refractivity contribution in [3.8, 4) is 22.8 Å². The number of fused-ring (bicyclic) bond motifs is 2. The summed E-state index contributed by atoms with van der Waals surface area (Å²) in [5, 5.41) is 2.74. The molecule has 6 nitrogen and oxygen atoms in total. The van der Waals surface area contributed by atoms with Crippen LogP contribution in [-0.2, 0) is 24.1 Å². The Bertz CT molecular complexity index is 1330. The molecule has 2 aliphatic heterocycles. The minimum Gasteiger partial charge on any atom is -0.486 e. The van der Waals surface area contributed by atoms with Crippen molar-refractivity contribution < 1.29 is 23.0 Å². The maximum atomic E-state index is 15.7. The van der Waals surface area contributed by atoms with Crippen molar-refractivity contribution in [1.82, 2.24) is 15.2 Å². The minimum atomic E-state index is -3.49. The molecule has 8 heteroatoms. The number of halogens is 2. The van der Waals surface area contributed by atoms with Crippen molar-refractivity contribution in [2.75, 3.05) is 32.8 Å². The average Bonchev–Trinajstić information content (AvgIpc) is 3.63. The fraction of sp³-hybridized carbons (Fsp3) is 0.419. The van der Waals surface area contributed by atoms with Crippen molar-refractivity contribution in [2.45, 2.75) is 44.1 Å². The van der Waals surface area contributed by atoms with Gasteiger partial charge in [0, 0.05) is 30.3 Å². The summed E-state index contributed by atoms with van der Waals surface area (Å²) in [7, 11) is 0. The van der Waals surface area contributed by atoms with Crippen LogP contribution in [0, 0.1) is 5.92 Å². The Morgan fingerprint density at radius 3 is 2.59 bits per heavy atom. The number of hydrogen-bond donors (Lipinski definition) is 1. The van der Waals surface area contributed by atoms with E-state index in [-0.39, 0.29) is 12.8 Å². The summed E-state index contributed by atoms with van der Waals surface area (Å²) in [5.74, 6) is -4.41. The predicted octanol–water partition coefficient (Wildman–Crippen LogP) is 4.69. The quantitative estimate of drug-likeness (QED) is 0.455. The van der Waals surface area contributed by atoms with Crippen LogP contribution in [0.4, 0.5) is 8.78 Å². The smallest absolute Gasteiger partial charge is 0.327 e. The molecule has 0 bridgehead atoms. The number of benzene rings is 2. The Morgan fingerprint density at radius 1 is 1.00 bits per heavy atom. The number of carbonyl (C=O) groups excluding carboxylic acids is 1. The molecule has 1 fully saturated rings. The Labute approximate surface area is 227 Å². The molecule has 3 aliphatic rings. The third kappa shape index (κ3) is 5.62. The zero-order chi connectivity index (χ0) is 26.8. The number of likely N-dealkylation sites (tertiary alicyclic amines) is 1. The summed E-state index contributed by atoms with van der Waals surface area (Å²) >= 11 is 0. The van der Waals surface area contributed by atoms with E-state index in [1.165, 1.54) is 0 Å². The van der Waals surface area contributed by atoms with Gasteiger partial charge >= 0.3 is 5.92 Å². The lowest BCUT2D eigenvalue weighted by Gasteiger charge is -2.29. The van der Waals surface area contributed by atoms with Gasteiger partial charge in [-0.05, 0) is 92.2 Å². The largest absolute Gasteiger partial charge is 0.486 e. The first-order valence-electron chi connectivity index (χ1n) is 13.8. The molecule has 1 aromatic heterocycles. The molecule has 39 heavy (non-hydrogen) atoms. The highest BCUT2D eigenvalue weighted by atomic mass is 19.3. The van der Waals surface area contributed by atoms with Gasteiger partial charge in [0.1, 0.15) is 13.2 Å². The molecule has 3 aromatic rings. The standard InChI is InChI=1S/C31H33F2N3O3/c32-31(33,25-18-22-7-8-23(17-24(22)19-25)27-5-1-2-10-34-27)30(37)35-26(20-36-11-3-4-12-36)15-21-6-9-28-29(16-21)39-14-13-38-28/h1-2,5-10,16-17,25-26H,3-4,11-15,18-20H2,(H,35,37)/t25?,26-/m0/s1. The van der Waals surface area contributed by atoms with Gasteiger partial charge in [0.25, 0.3) is 5.91 Å². The Hall–Kier alpha value is -3.52. The highest BCUT2D eigenvalue weighted by Gasteiger charge is 2.49. The molecular weight excluding hydrogens is 500 g/mol. The van der Waals surface area contributed by atoms with E-state index in [0.717, 1.165) is 53.9 Å². The van der Waals surface area contributed by atoms with Crippen LogP contribution in [0.15, 0.2) is 60.8 Å². The van der Waals surface area contributed by atoms with E-state index >= 15 is 8.78 Å². The summed E-state index contributed by atoms with van der Waals surface area (Å²) in [6.45, 7) is 3.35. The fourth-order valence-corrected chi connectivity index (χ4v) is 5.97. The molecule has 0 radical (unpaired) electrons. The van der Waals surface area contributed by atoms with Gasteiger partial charge < -0.3 is 19.7 Å². The van der Waals surface area contributed by atoms with Crippen molar-refractivity contribution in [1.29, 1.82) is 0 Å². The number of nitrogens with one attached hydrogen (secondary N) is 1. The molecule has 1 amide bonds. The van der Waals surface area contributed by atoms with Gasteiger partial charge in [-0.2, -0.15) is 8.78 Å². The maximum absolute atomic E-state index is 15.7. The Balaban J connectivity index is 1.16. The van der Waals surface area contributed by atoms with Crippen LogP contribution in [0.5, 0.6) is 11.5 Å². The minimum absolute atomic E-state index is 0.162. The monoisotopic (exact) mass is 533 g/mol. The second-order valence-corrected chi connectivity index (χ2v) is 10.8. The number of hydrogen-bond acceptors (Lipinski definition) is 5. The van der Waals surface area contributed by atoms with Gasteiger partial charge in [0.2, 0.25) is 0 Å². The zero-order valence-corrected chi connectivity index (χ0v) is 21.9. The molecule has 1 unspecified atom stereocenters. The number of carbonyl (C=O) groups is 1. The molecule has 2 atom stereocenters. The molecular formula is C31H33F2N3O3. The summed E-state index contributed by atoms with van der Waals surface area (Å²) < 4.78 is 42.7. The Kier molecular flexibility index (Phi) is 7.21. The van der Waals surface area contributed by atoms with Crippen LogP contribution in [-0.4, -0.2) is 60.6 Å². The first kappa shape index (κ1) is 25.7. The fourth-order valence-electron chi connectivity index (χ4n) is 5.97. The highest BCUT2D eigenvalue weighted by Crippen LogP contribution is 2.39. The van der Waals surface area contributed by atoms with Gasteiger partial charge in [-0.25, -0.2) is 0 Å². The second kappa shape index (κ2) is 10.9. The van der Waals surface area contributed by atoms with Gasteiger partial charge in [-0.1, -0.05) is 24.3 Å². The van der Waals surface area contributed by atoms with E-state index in [0.29, 0.717) is 37.7 Å². The van der Waals surface area contributed by atoms with E-state index in [1.807, 2.05) is 54.6 Å². The van der Waals surface area contributed by atoms with Crippen molar-refractivity contribution in [3.63, 3.8) is 0 Å². The van der Waals surface area contributed by atoms with Crippen LogP contribution in [0.25, 0.3) is 11.3 Å². The van der Waals surface area contributed by atoms with Crippen LogP contribution in [0.1, 0.15) is 29.5 Å². The SMILES string of the molecule is O=C(N[C@@H](Cc1ccc2c(c1)OCCO2)CN1CCCC1)C(F)(F)C1Cc2ccc(-c3ccccn3)cc2C1.